The number of nitrogens with one attached hydrogen (secondary N) is 1. The van der Waals surface area contributed by atoms with E-state index in [-0.39, 0.29) is 24.8 Å². The zero-order valence-corrected chi connectivity index (χ0v) is 16.7. The van der Waals surface area contributed by atoms with E-state index in [0.29, 0.717) is 18.9 Å². The normalized spacial score (nSPS) is 15.4. The minimum Gasteiger partial charge on any atom is -0.445 e. The zero-order valence-electron chi connectivity index (χ0n) is 15.9. The van der Waals surface area contributed by atoms with Gasteiger partial charge in [0.1, 0.15) is 5.76 Å². The largest absolute Gasteiger partial charge is 0.445 e. The predicted molar refractivity (Wildman–Crippen MR) is 101 cm³/mol. The molecule has 0 radical (unpaired) electrons. The number of carbonyl (C=O) groups excluding carboxylic acids is 1. The molecule has 146 valence electrons. The summed E-state index contributed by atoms with van der Waals surface area (Å²) < 4.78 is 34.1. The summed E-state index contributed by atoms with van der Waals surface area (Å²) in [4.78, 5) is 16.3. The van der Waals surface area contributed by atoms with Gasteiger partial charge < -0.3 is 4.42 Å². The van der Waals surface area contributed by atoms with E-state index in [2.05, 4.69) is 9.71 Å². The summed E-state index contributed by atoms with van der Waals surface area (Å²) in [6.45, 7) is 6.65. The highest BCUT2D eigenvalue weighted by molar-refractivity contribution is 7.87. The molecule has 1 aliphatic heterocycles. The number of hydrogen-bond acceptors (Lipinski definition) is 5. The summed E-state index contributed by atoms with van der Waals surface area (Å²) in [7, 11) is -3.86. The molecule has 0 bridgehead atoms. The summed E-state index contributed by atoms with van der Waals surface area (Å²) in [5.74, 6) is 0.598. The Bertz CT molecular complexity index is 928. The Hall–Kier alpha value is -2.19. The third-order valence-corrected chi connectivity index (χ3v) is 6.01. The van der Waals surface area contributed by atoms with Gasteiger partial charge in [0.25, 0.3) is 0 Å². The molecule has 7 nitrogen and oxygen atoms in total. The van der Waals surface area contributed by atoms with Gasteiger partial charge in [-0.1, -0.05) is 45.0 Å². The Morgan fingerprint density at radius 1 is 1.26 bits per heavy atom. The number of aromatic nitrogens is 1. The molecule has 0 saturated heterocycles. The Morgan fingerprint density at radius 3 is 2.63 bits per heavy atom. The lowest BCUT2D eigenvalue weighted by atomic mass is 9.94. The molecule has 3 rings (SSSR count). The number of oxazole rings is 1. The molecule has 27 heavy (non-hydrogen) atoms. The summed E-state index contributed by atoms with van der Waals surface area (Å²) in [5, 5.41) is 0. The van der Waals surface area contributed by atoms with Crippen LogP contribution >= 0.6 is 0 Å². The highest BCUT2D eigenvalue weighted by Gasteiger charge is 2.28. The molecule has 0 aliphatic carbocycles. The van der Waals surface area contributed by atoms with Crippen molar-refractivity contribution in [1.82, 2.24) is 14.0 Å². The maximum Gasteiger partial charge on any atom is 0.304 e. The Balaban J connectivity index is 1.56. The van der Waals surface area contributed by atoms with Gasteiger partial charge in [-0.15, -0.1) is 0 Å². The Labute approximate surface area is 160 Å². The van der Waals surface area contributed by atoms with Gasteiger partial charge in [0, 0.05) is 31.3 Å². The average Bonchev–Trinajstić information content (AvgIpc) is 3.08. The van der Waals surface area contributed by atoms with Gasteiger partial charge in [0.2, 0.25) is 5.91 Å². The first-order valence-electron chi connectivity index (χ1n) is 8.98. The van der Waals surface area contributed by atoms with Crippen molar-refractivity contribution in [3.05, 3.63) is 53.2 Å². The molecule has 0 atom stereocenters. The fourth-order valence-electron chi connectivity index (χ4n) is 2.93. The maximum absolute atomic E-state index is 12.5. The van der Waals surface area contributed by atoms with E-state index in [1.54, 1.807) is 6.20 Å². The van der Waals surface area contributed by atoms with Crippen LogP contribution in [0.3, 0.4) is 0 Å². The third-order valence-electron chi connectivity index (χ3n) is 4.54. The molecule has 0 fully saturated rings. The molecule has 2 heterocycles. The lowest BCUT2D eigenvalue weighted by Crippen LogP contribution is -2.45. The maximum atomic E-state index is 12.5. The Kier molecular flexibility index (Phi) is 5.39. The van der Waals surface area contributed by atoms with Crippen LogP contribution in [0.1, 0.15) is 50.0 Å². The molecule has 1 aliphatic rings. The number of carbonyl (C=O) groups is 1. The quantitative estimate of drug-likeness (QED) is 0.844. The van der Waals surface area contributed by atoms with Crippen molar-refractivity contribution in [3.63, 3.8) is 0 Å². The Morgan fingerprint density at radius 2 is 1.96 bits per heavy atom. The van der Waals surface area contributed by atoms with Crippen molar-refractivity contribution in [2.24, 2.45) is 0 Å². The molecule has 0 spiro atoms. The molecular weight excluding hydrogens is 366 g/mol. The van der Waals surface area contributed by atoms with Crippen molar-refractivity contribution in [2.75, 3.05) is 6.54 Å². The van der Waals surface area contributed by atoms with Crippen molar-refractivity contribution >= 4 is 16.1 Å². The highest BCUT2D eigenvalue weighted by atomic mass is 32.2. The first-order valence-corrected chi connectivity index (χ1v) is 10.4. The SMILES string of the molecule is CC(C)(C)c1cnc(CCC(=O)NS(=O)(=O)N2CCc3ccccc3C2)o1. The topological polar surface area (TPSA) is 92.5 Å². The van der Waals surface area contributed by atoms with Gasteiger partial charge in [0.05, 0.1) is 6.20 Å². The van der Waals surface area contributed by atoms with Gasteiger partial charge in [0.15, 0.2) is 5.89 Å². The number of fused-ring (bicyclic) bond motifs is 1. The van der Waals surface area contributed by atoms with Crippen molar-refractivity contribution in [1.29, 1.82) is 0 Å². The number of rotatable bonds is 5. The second-order valence-corrected chi connectivity index (χ2v) is 9.42. The number of nitrogens with zero attached hydrogens (tertiary/aromatic N) is 2. The minimum atomic E-state index is -3.86. The molecule has 0 saturated carbocycles. The lowest BCUT2D eigenvalue weighted by molar-refractivity contribution is -0.119. The minimum absolute atomic E-state index is 0.00620. The van der Waals surface area contributed by atoms with Gasteiger partial charge >= 0.3 is 10.2 Å². The standard InChI is InChI=1S/C19H25N3O4S/c1-19(2,3)16-12-20-18(26-16)9-8-17(23)21-27(24,25)22-11-10-14-6-4-5-7-15(14)13-22/h4-7,12H,8-11,13H2,1-3H3,(H,21,23). The van der Waals surface area contributed by atoms with Crippen LogP contribution in [0.5, 0.6) is 0 Å². The van der Waals surface area contributed by atoms with Gasteiger partial charge in [-0.25, -0.2) is 9.71 Å². The van der Waals surface area contributed by atoms with Crippen LogP contribution < -0.4 is 4.72 Å². The monoisotopic (exact) mass is 391 g/mol. The van der Waals surface area contributed by atoms with Crippen LogP contribution in [0, 0.1) is 0 Å². The van der Waals surface area contributed by atoms with Gasteiger partial charge in [-0.3, -0.25) is 4.79 Å². The molecular formula is C19H25N3O4S. The molecule has 8 heteroatoms. The fourth-order valence-corrected chi connectivity index (χ4v) is 4.09. The first kappa shape index (κ1) is 19.6. The highest BCUT2D eigenvalue weighted by Crippen LogP contribution is 2.23. The second-order valence-electron chi connectivity index (χ2n) is 7.75. The molecule has 1 amide bonds. The van der Waals surface area contributed by atoms with Crippen LogP contribution in [0.25, 0.3) is 0 Å². The molecule has 1 N–H and O–H groups in total. The number of hydrogen-bond donors (Lipinski definition) is 1. The average molecular weight is 391 g/mol. The third kappa shape index (κ3) is 4.75. The lowest BCUT2D eigenvalue weighted by Gasteiger charge is -2.27. The molecule has 0 unspecified atom stereocenters. The van der Waals surface area contributed by atoms with E-state index in [9.17, 15) is 13.2 Å². The number of aryl methyl sites for hydroxylation is 1. The smallest absolute Gasteiger partial charge is 0.304 e. The van der Waals surface area contributed by atoms with E-state index in [4.69, 9.17) is 4.42 Å². The van der Waals surface area contributed by atoms with Crippen molar-refractivity contribution < 1.29 is 17.6 Å². The van der Waals surface area contributed by atoms with E-state index in [0.717, 1.165) is 16.9 Å². The van der Waals surface area contributed by atoms with E-state index >= 15 is 0 Å². The summed E-state index contributed by atoms with van der Waals surface area (Å²) >= 11 is 0. The van der Waals surface area contributed by atoms with E-state index < -0.39 is 16.1 Å². The zero-order chi connectivity index (χ0) is 19.7. The fraction of sp³-hybridized carbons (Fsp3) is 0.474. The van der Waals surface area contributed by atoms with E-state index in [1.165, 1.54) is 4.31 Å². The van der Waals surface area contributed by atoms with Gasteiger partial charge in [-0.2, -0.15) is 12.7 Å². The van der Waals surface area contributed by atoms with Crippen LogP contribution in [0.2, 0.25) is 0 Å². The molecule has 1 aromatic carbocycles. The summed E-state index contributed by atoms with van der Waals surface area (Å²) in [5.41, 5.74) is 1.95. The van der Waals surface area contributed by atoms with Crippen LogP contribution in [0.4, 0.5) is 0 Å². The summed E-state index contributed by atoms with van der Waals surface area (Å²) in [6.07, 6.45) is 2.53. The predicted octanol–water partition coefficient (Wildman–Crippen LogP) is 2.32. The van der Waals surface area contributed by atoms with Crippen molar-refractivity contribution in [2.45, 2.75) is 52.0 Å². The van der Waals surface area contributed by atoms with Gasteiger partial charge in [-0.05, 0) is 17.5 Å². The first-order chi connectivity index (χ1) is 12.6. The molecule has 2 aromatic rings. The van der Waals surface area contributed by atoms with Crippen LogP contribution in [-0.4, -0.2) is 30.2 Å². The number of amides is 1. The van der Waals surface area contributed by atoms with E-state index in [1.807, 2.05) is 45.0 Å². The van der Waals surface area contributed by atoms with Crippen molar-refractivity contribution in [3.8, 4) is 0 Å². The molecule has 1 aromatic heterocycles. The second kappa shape index (κ2) is 7.44. The van der Waals surface area contributed by atoms with Crippen LogP contribution in [-0.2, 0) is 39.8 Å². The van der Waals surface area contributed by atoms with Crippen LogP contribution in [0.15, 0.2) is 34.9 Å². The summed E-state index contributed by atoms with van der Waals surface area (Å²) in [6, 6.07) is 7.74. The number of benzene rings is 1.